The number of benzene rings is 21. The predicted molar refractivity (Wildman–Crippen MR) is 510 cm³/mol. The highest BCUT2D eigenvalue weighted by Crippen LogP contribution is 2.50. The van der Waals surface area contributed by atoms with Gasteiger partial charge in [0.25, 0.3) is 0 Å². The molecule has 0 nitrogen and oxygen atoms in total. The van der Waals surface area contributed by atoms with Crippen LogP contribution in [0, 0.1) is 27.7 Å². The largest absolute Gasteiger partial charge is 0.0622 e. The molecule has 21 aromatic carbocycles. The minimum absolute atomic E-state index is 1.19. The van der Waals surface area contributed by atoms with E-state index in [4.69, 9.17) is 0 Å². The van der Waals surface area contributed by atoms with Crippen molar-refractivity contribution in [2.24, 2.45) is 0 Å². The van der Waals surface area contributed by atoms with Crippen molar-refractivity contribution >= 4 is 86.2 Å². The third kappa shape index (κ3) is 14.2. The van der Waals surface area contributed by atoms with Crippen molar-refractivity contribution in [3.05, 3.63) is 458 Å². The first-order valence-electron chi connectivity index (χ1n) is 41.7. The lowest BCUT2D eigenvalue weighted by molar-refractivity contribution is 0.687. The van der Waals surface area contributed by atoms with Gasteiger partial charge >= 0.3 is 0 Å². The van der Waals surface area contributed by atoms with E-state index in [2.05, 4.69) is 452 Å². The Bertz CT molecular complexity index is 7030. The zero-order chi connectivity index (χ0) is 79.4. The molecule has 0 amide bonds. The van der Waals surface area contributed by atoms with Crippen LogP contribution < -0.4 is 0 Å². The van der Waals surface area contributed by atoms with Crippen LogP contribution in [0.4, 0.5) is 0 Å². The fourth-order valence-electron chi connectivity index (χ4n) is 18.7. The first-order valence-corrected chi connectivity index (χ1v) is 41.7. The maximum atomic E-state index is 2.35. The molecule has 0 atom stereocenters. The molecule has 0 heteroatoms. The van der Waals surface area contributed by atoms with E-state index in [0.29, 0.717) is 0 Å². The van der Waals surface area contributed by atoms with Gasteiger partial charge in [-0.2, -0.15) is 0 Å². The Morgan fingerprint density at radius 3 is 0.729 bits per heavy atom. The SMILES string of the molecule is Cc1ccc(-c2c3ccccc3c(-c3cccc4c3CCCC4)c3ccccc23)cc1.Cc1ccc(-c2ccc(-c3c4ccccc4c(-c4ccccc4)c4ccccc34)cc2)cc1.Cc1cccc(-c2c3ccccc3c(-c3ccccc3)c3ccccc23)c1.Cc1ccccc1-c1c2ccccc2c(-c2ccccc2)c2ccccc12. The summed E-state index contributed by atoms with van der Waals surface area (Å²) in [5, 5.41) is 21.0. The maximum absolute atomic E-state index is 2.35. The van der Waals surface area contributed by atoms with E-state index in [1.54, 1.807) is 11.1 Å². The smallest absolute Gasteiger partial charge is 0.00235 e. The molecular formula is C118H90. The second-order valence-electron chi connectivity index (χ2n) is 31.6. The average molecular weight is 1510 g/mol. The fourth-order valence-corrected chi connectivity index (χ4v) is 18.7. The minimum atomic E-state index is 1.19. The van der Waals surface area contributed by atoms with Crippen LogP contribution in [0.15, 0.2) is 425 Å². The summed E-state index contributed by atoms with van der Waals surface area (Å²) in [4.78, 5) is 0. The van der Waals surface area contributed by atoms with Crippen molar-refractivity contribution in [2.75, 3.05) is 0 Å². The van der Waals surface area contributed by atoms with Crippen LogP contribution in [0.5, 0.6) is 0 Å². The summed E-state index contributed by atoms with van der Waals surface area (Å²) in [7, 11) is 0. The molecule has 0 unspecified atom stereocenters. The van der Waals surface area contributed by atoms with E-state index >= 15 is 0 Å². The van der Waals surface area contributed by atoms with Gasteiger partial charge in [0.2, 0.25) is 0 Å². The number of aryl methyl sites for hydroxylation is 5. The highest BCUT2D eigenvalue weighted by atomic mass is 14.3. The van der Waals surface area contributed by atoms with Crippen molar-refractivity contribution in [1.82, 2.24) is 0 Å². The van der Waals surface area contributed by atoms with Crippen molar-refractivity contribution in [3.63, 3.8) is 0 Å². The second-order valence-corrected chi connectivity index (χ2v) is 31.6. The molecule has 0 saturated carbocycles. The van der Waals surface area contributed by atoms with E-state index in [1.165, 1.54) is 234 Å². The van der Waals surface area contributed by atoms with Gasteiger partial charge in [-0.15, -0.1) is 0 Å². The predicted octanol–water partition coefficient (Wildman–Crippen LogP) is 33.1. The van der Waals surface area contributed by atoms with Gasteiger partial charge in [-0.1, -0.05) is 441 Å². The summed E-state index contributed by atoms with van der Waals surface area (Å²) < 4.78 is 0. The minimum Gasteiger partial charge on any atom is -0.0622 e. The Hall–Kier alpha value is -14.3. The van der Waals surface area contributed by atoms with Crippen LogP contribution in [0.2, 0.25) is 0 Å². The van der Waals surface area contributed by atoms with E-state index in [-0.39, 0.29) is 0 Å². The molecule has 0 bridgehead atoms. The normalized spacial score (nSPS) is 11.8. The van der Waals surface area contributed by atoms with Crippen LogP contribution in [0.1, 0.15) is 46.2 Å². The maximum Gasteiger partial charge on any atom is -0.00235 e. The molecule has 0 N–H and O–H groups in total. The first kappa shape index (κ1) is 73.8. The van der Waals surface area contributed by atoms with Crippen LogP contribution in [0.25, 0.3) is 186 Å². The summed E-state index contributed by atoms with van der Waals surface area (Å²) in [6.45, 7) is 8.64. The van der Waals surface area contributed by atoms with Crippen molar-refractivity contribution in [3.8, 4) is 100 Å². The highest BCUT2D eigenvalue weighted by molar-refractivity contribution is 6.25. The molecule has 22 rings (SSSR count). The fraction of sp³-hybridized carbons (Fsp3) is 0.0678. The van der Waals surface area contributed by atoms with Gasteiger partial charge in [-0.3, -0.25) is 0 Å². The molecule has 0 aromatic heterocycles. The van der Waals surface area contributed by atoms with E-state index in [9.17, 15) is 0 Å². The van der Waals surface area contributed by atoms with Gasteiger partial charge in [0.15, 0.2) is 0 Å². The molecule has 1 aliphatic carbocycles. The Labute approximate surface area is 693 Å². The number of fused-ring (bicyclic) bond motifs is 9. The molecule has 118 heavy (non-hydrogen) atoms. The van der Waals surface area contributed by atoms with Crippen LogP contribution in [-0.2, 0) is 12.8 Å². The number of hydrogen-bond acceptors (Lipinski definition) is 0. The monoisotopic (exact) mass is 1510 g/mol. The summed E-state index contributed by atoms with van der Waals surface area (Å²) >= 11 is 0. The van der Waals surface area contributed by atoms with Gasteiger partial charge < -0.3 is 0 Å². The van der Waals surface area contributed by atoms with Gasteiger partial charge in [0, 0.05) is 0 Å². The third-order valence-corrected chi connectivity index (χ3v) is 24.2. The summed E-state index contributed by atoms with van der Waals surface area (Å²) in [5.74, 6) is 0. The second kappa shape index (κ2) is 32.9. The standard InChI is InChI=1S/C33H24.C31H26.2C27H20/c1-23-15-17-24(18-16-23)25-19-21-27(22-20-25)33-30-13-7-5-11-28(30)32(26-9-3-2-4-10-26)29-12-6-8-14-31(29)33;1-21-17-19-23(20-18-21)30-26-12-4-6-14-28(26)31(29-15-7-5-13-27(29)30)25-16-8-10-22-9-2-3-11-24(22)25;1-19-10-9-13-21(18-19)27-24-16-7-5-14-22(24)26(20-11-3-2-4-12-20)23-15-6-8-17-25(23)27;1-19-11-5-6-14-21(19)27-24-17-9-7-15-22(24)26(20-12-3-2-4-13-20)23-16-8-10-18-25(23)27/h2-22H,1H3;4-8,10,12-20H,2-3,9,11H2,1H3;2*2-18H,1H3. The Balaban J connectivity index is 0.000000105. The van der Waals surface area contributed by atoms with Crippen molar-refractivity contribution in [2.45, 2.75) is 53.4 Å². The van der Waals surface area contributed by atoms with Gasteiger partial charge in [-0.05, 0) is 256 Å². The van der Waals surface area contributed by atoms with E-state index in [1.807, 2.05) is 0 Å². The van der Waals surface area contributed by atoms with Crippen LogP contribution >= 0.6 is 0 Å². The number of rotatable bonds is 9. The van der Waals surface area contributed by atoms with Gasteiger partial charge in [0.1, 0.15) is 0 Å². The topological polar surface area (TPSA) is 0 Å². The Morgan fingerprint density at radius 2 is 0.390 bits per heavy atom. The number of hydrogen-bond donors (Lipinski definition) is 0. The molecule has 0 aliphatic heterocycles. The molecule has 0 heterocycles. The van der Waals surface area contributed by atoms with Crippen LogP contribution in [0.3, 0.4) is 0 Å². The quantitative estimate of drug-likeness (QED) is 0.126. The van der Waals surface area contributed by atoms with E-state index in [0.717, 1.165) is 0 Å². The Morgan fingerprint density at radius 1 is 0.153 bits per heavy atom. The Kier molecular flexibility index (Phi) is 20.6. The van der Waals surface area contributed by atoms with E-state index < -0.39 is 0 Å². The van der Waals surface area contributed by atoms with Crippen molar-refractivity contribution < 1.29 is 0 Å². The molecule has 0 radical (unpaired) electrons. The lowest BCUT2D eigenvalue weighted by Gasteiger charge is -2.23. The molecular weight excluding hydrogens is 1420 g/mol. The molecule has 21 aromatic rings. The molecule has 0 spiro atoms. The van der Waals surface area contributed by atoms with Gasteiger partial charge in [-0.25, -0.2) is 0 Å². The molecule has 562 valence electrons. The summed E-state index contributed by atoms with van der Waals surface area (Å²) in [6, 6.07) is 154. The summed E-state index contributed by atoms with van der Waals surface area (Å²) in [6.07, 6.45) is 5.00. The molecule has 0 saturated heterocycles. The van der Waals surface area contributed by atoms with Crippen LogP contribution in [-0.4, -0.2) is 0 Å². The first-order chi connectivity index (χ1) is 58.3. The van der Waals surface area contributed by atoms with Gasteiger partial charge in [0.05, 0.1) is 0 Å². The molecule has 1 aliphatic rings. The van der Waals surface area contributed by atoms with Crippen molar-refractivity contribution in [1.29, 1.82) is 0 Å². The zero-order valence-corrected chi connectivity index (χ0v) is 67.2. The molecule has 0 fully saturated rings. The zero-order valence-electron chi connectivity index (χ0n) is 67.2. The lowest BCUT2D eigenvalue weighted by Crippen LogP contribution is -2.04. The summed E-state index contributed by atoms with van der Waals surface area (Å²) in [5.41, 5.74) is 31.8. The highest BCUT2D eigenvalue weighted by Gasteiger charge is 2.24. The third-order valence-electron chi connectivity index (χ3n) is 24.2. The lowest BCUT2D eigenvalue weighted by atomic mass is 9.81. The average Bonchev–Trinajstić information content (AvgIpc) is 0.749.